The Bertz CT molecular complexity index is 359. The van der Waals surface area contributed by atoms with Gasteiger partial charge in [0.2, 0.25) is 5.91 Å². The molecule has 0 spiro atoms. The Kier molecular flexibility index (Phi) is 4.35. The largest absolute Gasteiger partial charge is 0.399 e. The van der Waals surface area contributed by atoms with Gasteiger partial charge >= 0.3 is 0 Å². The van der Waals surface area contributed by atoms with Gasteiger partial charge in [-0.05, 0) is 31.0 Å². The average Bonchev–Trinajstić information content (AvgIpc) is 2.29. The van der Waals surface area contributed by atoms with Gasteiger partial charge in [0.05, 0.1) is 0 Å². The van der Waals surface area contributed by atoms with Crippen molar-refractivity contribution in [1.82, 2.24) is 0 Å². The predicted molar refractivity (Wildman–Crippen MR) is 68.3 cm³/mol. The predicted octanol–water partition coefficient (Wildman–Crippen LogP) is 2.67. The lowest BCUT2D eigenvalue weighted by molar-refractivity contribution is -0.122. The van der Waals surface area contributed by atoms with Gasteiger partial charge in [0.25, 0.3) is 0 Å². The molecule has 3 heteroatoms. The van der Waals surface area contributed by atoms with E-state index in [1.165, 1.54) is 0 Å². The highest BCUT2D eigenvalue weighted by molar-refractivity contribution is 5.94. The van der Waals surface area contributed by atoms with Crippen molar-refractivity contribution in [2.75, 3.05) is 17.7 Å². The second kappa shape index (κ2) is 5.54. The first-order valence-electron chi connectivity index (χ1n) is 5.73. The van der Waals surface area contributed by atoms with Gasteiger partial charge in [-0.3, -0.25) is 4.79 Å². The lowest BCUT2D eigenvalue weighted by atomic mass is 10.0. The fourth-order valence-corrected chi connectivity index (χ4v) is 1.77. The quantitative estimate of drug-likeness (QED) is 0.793. The maximum absolute atomic E-state index is 12.1. The number of nitrogens with two attached hydrogens (primary N) is 1. The van der Waals surface area contributed by atoms with Crippen LogP contribution in [-0.4, -0.2) is 13.0 Å². The second-order valence-electron chi connectivity index (χ2n) is 4.01. The smallest absolute Gasteiger partial charge is 0.229 e. The fourth-order valence-electron chi connectivity index (χ4n) is 1.77. The number of anilines is 2. The number of hydrogen-bond acceptors (Lipinski definition) is 2. The van der Waals surface area contributed by atoms with Gasteiger partial charge in [0, 0.05) is 24.3 Å². The summed E-state index contributed by atoms with van der Waals surface area (Å²) in [6.45, 7) is 4.08. The summed E-state index contributed by atoms with van der Waals surface area (Å²) < 4.78 is 0. The molecule has 0 saturated heterocycles. The first-order chi connectivity index (χ1) is 7.60. The van der Waals surface area contributed by atoms with Crippen LogP contribution in [0.25, 0.3) is 0 Å². The molecule has 0 radical (unpaired) electrons. The molecule has 0 aliphatic heterocycles. The molecule has 1 amide bonds. The van der Waals surface area contributed by atoms with Crippen molar-refractivity contribution in [1.29, 1.82) is 0 Å². The molecule has 0 fully saturated rings. The molecule has 0 saturated carbocycles. The maximum Gasteiger partial charge on any atom is 0.229 e. The summed E-state index contributed by atoms with van der Waals surface area (Å²) in [5.74, 6) is 0.266. The van der Waals surface area contributed by atoms with Gasteiger partial charge in [-0.15, -0.1) is 0 Å². The van der Waals surface area contributed by atoms with Crippen LogP contribution in [0, 0.1) is 5.92 Å². The molecule has 16 heavy (non-hydrogen) atoms. The van der Waals surface area contributed by atoms with Crippen LogP contribution in [0.2, 0.25) is 0 Å². The van der Waals surface area contributed by atoms with Crippen LogP contribution in [0.5, 0.6) is 0 Å². The van der Waals surface area contributed by atoms with Gasteiger partial charge in [0.15, 0.2) is 0 Å². The summed E-state index contributed by atoms with van der Waals surface area (Å²) in [5, 5.41) is 0. The van der Waals surface area contributed by atoms with Crippen molar-refractivity contribution in [3.05, 3.63) is 24.3 Å². The Balaban J connectivity index is 2.85. The molecule has 0 aliphatic rings. The van der Waals surface area contributed by atoms with Crippen LogP contribution in [0.4, 0.5) is 11.4 Å². The molecule has 0 aromatic heterocycles. The van der Waals surface area contributed by atoms with E-state index in [-0.39, 0.29) is 11.8 Å². The fraction of sp³-hybridized carbons (Fsp3) is 0.462. The molecular formula is C13H20N2O. The highest BCUT2D eigenvalue weighted by Crippen LogP contribution is 2.20. The summed E-state index contributed by atoms with van der Waals surface area (Å²) in [4.78, 5) is 13.8. The first-order valence-corrected chi connectivity index (χ1v) is 5.73. The zero-order chi connectivity index (χ0) is 12.1. The summed E-state index contributed by atoms with van der Waals surface area (Å²) in [5.41, 5.74) is 7.24. The third kappa shape index (κ3) is 2.75. The summed E-state index contributed by atoms with van der Waals surface area (Å²) in [6, 6.07) is 7.40. The Hall–Kier alpha value is -1.51. The molecule has 0 unspecified atom stereocenters. The van der Waals surface area contributed by atoms with E-state index < -0.39 is 0 Å². The number of nitrogen functional groups attached to an aromatic ring is 1. The van der Waals surface area contributed by atoms with Crippen LogP contribution in [-0.2, 0) is 4.79 Å². The number of rotatable bonds is 4. The normalized spacial score (nSPS) is 10.5. The average molecular weight is 220 g/mol. The van der Waals surface area contributed by atoms with E-state index >= 15 is 0 Å². The Morgan fingerprint density at radius 2 is 2.00 bits per heavy atom. The number of amides is 1. The molecule has 3 nitrogen and oxygen atoms in total. The van der Waals surface area contributed by atoms with Gasteiger partial charge in [0.1, 0.15) is 0 Å². The van der Waals surface area contributed by atoms with Crippen LogP contribution in [0.1, 0.15) is 26.7 Å². The molecule has 0 atom stereocenters. The zero-order valence-electron chi connectivity index (χ0n) is 10.2. The van der Waals surface area contributed by atoms with Crippen molar-refractivity contribution >= 4 is 17.3 Å². The second-order valence-corrected chi connectivity index (χ2v) is 4.01. The topological polar surface area (TPSA) is 46.3 Å². The van der Waals surface area contributed by atoms with E-state index in [1.54, 1.807) is 11.9 Å². The highest BCUT2D eigenvalue weighted by atomic mass is 16.2. The lowest BCUT2D eigenvalue weighted by Gasteiger charge is -2.22. The van der Waals surface area contributed by atoms with Crippen LogP contribution in [0.15, 0.2) is 24.3 Å². The SMILES string of the molecule is CCC(CC)C(=O)N(C)c1cccc(N)c1. The Labute approximate surface area is 97.2 Å². The number of hydrogen-bond donors (Lipinski definition) is 1. The van der Waals surface area contributed by atoms with E-state index in [4.69, 9.17) is 5.73 Å². The van der Waals surface area contributed by atoms with Crippen molar-refractivity contribution in [3.8, 4) is 0 Å². The monoisotopic (exact) mass is 220 g/mol. The third-order valence-electron chi connectivity index (χ3n) is 2.92. The minimum absolute atomic E-state index is 0.103. The number of carbonyl (C=O) groups excluding carboxylic acids is 1. The Morgan fingerprint density at radius 1 is 1.38 bits per heavy atom. The summed E-state index contributed by atoms with van der Waals surface area (Å²) >= 11 is 0. The zero-order valence-corrected chi connectivity index (χ0v) is 10.2. The van der Waals surface area contributed by atoms with Crippen molar-refractivity contribution in [3.63, 3.8) is 0 Å². The standard InChI is InChI=1S/C13H20N2O/c1-4-10(5-2)13(16)15(3)12-8-6-7-11(14)9-12/h6-10H,4-5,14H2,1-3H3. The van der Waals surface area contributed by atoms with E-state index in [1.807, 2.05) is 38.1 Å². The molecule has 2 N–H and O–H groups in total. The lowest BCUT2D eigenvalue weighted by Crippen LogP contribution is -2.32. The van der Waals surface area contributed by atoms with E-state index in [9.17, 15) is 4.79 Å². The summed E-state index contributed by atoms with van der Waals surface area (Å²) in [7, 11) is 1.80. The van der Waals surface area contributed by atoms with Crippen LogP contribution >= 0.6 is 0 Å². The van der Waals surface area contributed by atoms with E-state index in [2.05, 4.69) is 0 Å². The molecule has 0 bridgehead atoms. The van der Waals surface area contributed by atoms with Gasteiger partial charge in [-0.25, -0.2) is 0 Å². The highest BCUT2D eigenvalue weighted by Gasteiger charge is 2.19. The van der Waals surface area contributed by atoms with Gasteiger partial charge < -0.3 is 10.6 Å². The number of carbonyl (C=O) groups is 1. The third-order valence-corrected chi connectivity index (χ3v) is 2.92. The van der Waals surface area contributed by atoms with Crippen LogP contribution < -0.4 is 10.6 Å². The Morgan fingerprint density at radius 3 is 2.50 bits per heavy atom. The molecular weight excluding hydrogens is 200 g/mol. The van der Waals surface area contributed by atoms with Gasteiger partial charge in [-0.1, -0.05) is 19.9 Å². The maximum atomic E-state index is 12.1. The van der Waals surface area contributed by atoms with Crippen molar-refractivity contribution in [2.45, 2.75) is 26.7 Å². The molecule has 0 heterocycles. The van der Waals surface area contributed by atoms with Crippen molar-refractivity contribution < 1.29 is 4.79 Å². The first kappa shape index (κ1) is 12.6. The molecule has 1 aromatic carbocycles. The number of benzene rings is 1. The molecule has 1 rings (SSSR count). The molecule has 0 aliphatic carbocycles. The molecule has 88 valence electrons. The number of nitrogens with zero attached hydrogens (tertiary/aromatic N) is 1. The minimum atomic E-state index is 0.103. The van der Waals surface area contributed by atoms with Crippen LogP contribution in [0.3, 0.4) is 0 Å². The van der Waals surface area contributed by atoms with Gasteiger partial charge in [-0.2, -0.15) is 0 Å². The van der Waals surface area contributed by atoms with E-state index in [0.29, 0.717) is 5.69 Å². The minimum Gasteiger partial charge on any atom is -0.399 e. The molecule has 1 aromatic rings. The van der Waals surface area contributed by atoms with E-state index in [0.717, 1.165) is 18.5 Å². The van der Waals surface area contributed by atoms with Crippen molar-refractivity contribution in [2.24, 2.45) is 5.92 Å². The summed E-state index contributed by atoms with van der Waals surface area (Å²) in [6.07, 6.45) is 1.75.